The van der Waals surface area contributed by atoms with E-state index in [9.17, 15) is 14.7 Å². The monoisotopic (exact) mass is 315 g/mol. The van der Waals surface area contributed by atoms with Gasteiger partial charge in [0.1, 0.15) is 0 Å². The lowest BCUT2D eigenvalue weighted by Crippen LogP contribution is -2.28. The zero-order valence-corrected chi connectivity index (χ0v) is 12.4. The maximum Gasteiger partial charge on any atom is 0.336 e. The number of carbonyl (C=O) groups excluding carboxylic acids is 1. The van der Waals surface area contributed by atoms with Crippen LogP contribution in [0.5, 0.6) is 0 Å². The van der Waals surface area contributed by atoms with Crippen LogP contribution >= 0.6 is 11.6 Å². The van der Waals surface area contributed by atoms with Gasteiger partial charge in [-0.3, -0.25) is 4.79 Å². The summed E-state index contributed by atoms with van der Waals surface area (Å²) in [6, 6.07) is 11.7. The Morgan fingerprint density at radius 2 is 1.82 bits per heavy atom. The molecule has 0 aliphatic heterocycles. The first-order chi connectivity index (χ1) is 10.6. The molecule has 4 nitrogen and oxygen atoms in total. The third kappa shape index (κ3) is 2.57. The molecule has 22 heavy (non-hydrogen) atoms. The maximum absolute atomic E-state index is 12.4. The zero-order chi connectivity index (χ0) is 15.7. The molecular formula is C17H14ClNO3. The number of benzene rings is 2. The summed E-state index contributed by atoms with van der Waals surface area (Å²) in [5, 5.41) is 12.6. The molecule has 0 saturated carbocycles. The highest BCUT2D eigenvalue weighted by atomic mass is 35.5. The normalized spacial score (nSPS) is 16.1. The van der Waals surface area contributed by atoms with Crippen molar-refractivity contribution in [3.05, 3.63) is 69.7 Å². The third-order valence-corrected chi connectivity index (χ3v) is 4.23. The molecule has 1 aliphatic rings. The Balaban J connectivity index is 1.90. The van der Waals surface area contributed by atoms with Crippen molar-refractivity contribution in [2.24, 2.45) is 0 Å². The molecule has 0 aromatic heterocycles. The average molecular weight is 316 g/mol. The number of carboxylic acids is 1. The van der Waals surface area contributed by atoms with Crippen molar-refractivity contribution in [3.8, 4) is 0 Å². The molecule has 0 fully saturated rings. The number of nitrogens with one attached hydrogen (secondary N) is 1. The molecular weight excluding hydrogens is 302 g/mol. The minimum Gasteiger partial charge on any atom is -0.478 e. The number of hydrogen-bond acceptors (Lipinski definition) is 2. The molecule has 0 unspecified atom stereocenters. The summed E-state index contributed by atoms with van der Waals surface area (Å²) in [4.78, 5) is 23.8. The summed E-state index contributed by atoms with van der Waals surface area (Å²) in [5.74, 6) is -1.26. The Bertz CT molecular complexity index is 757. The first kappa shape index (κ1) is 14.6. The van der Waals surface area contributed by atoms with Crippen LogP contribution in [0.3, 0.4) is 0 Å². The van der Waals surface area contributed by atoms with Gasteiger partial charge in [0.2, 0.25) is 0 Å². The fourth-order valence-corrected chi connectivity index (χ4v) is 3.12. The van der Waals surface area contributed by atoms with Crippen LogP contribution in [0, 0.1) is 0 Å². The highest BCUT2D eigenvalue weighted by Gasteiger charge is 2.29. The van der Waals surface area contributed by atoms with Gasteiger partial charge in [-0.25, -0.2) is 4.79 Å². The van der Waals surface area contributed by atoms with Gasteiger partial charge in [0, 0.05) is 0 Å². The van der Waals surface area contributed by atoms with Gasteiger partial charge in [0.15, 0.2) is 0 Å². The predicted octanol–water partition coefficient (Wildman–Crippen LogP) is 3.46. The fraction of sp³-hybridized carbons (Fsp3) is 0.176. The number of aromatic carboxylic acids is 1. The molecule has 2 aromatic rings. The van der Waals surface area contributed by atoms with E-state index >= 15 is 0 Å². The summed E-state index contributed by atoms with van der Waals surface area (Å²) in [6.45, 7) is 0. The Morgan fingerprint density at radius 3 is 2.55 bits per heavy atom. The summed E-state index contributed by atoms with van der Waals surface area (Å²) in [7, 11) is 0. The van der Waals surface area contributed by atoms with E-state index in [0.29, 0.717) is 22.6 Å². The van der Waals surface area contributed by atoms with Crippen LogP contribution in [-0.2, 0) is 6.42 Å². The van der Waals surface area contributed by atoms with Crippen molar-refractivity contribution in [2.45, 2.75) is 18.9 Å². The fourth-order valence-electron chi connectivity index (χ4n) is 2.90. The number of rotatable bonds is 3. The molecule has 0 spiro atoms. The number of fused-ring (bicyclic) bond motifs is 1. The Kier molecular flexibility index (Phi) is 3.86. The van der Waals surface area contributed by atoms with Crippen LogP contribution in [0.1, 0.15) is 44.3 Å². The van der Waals surface area contributed by atoms with Gasteiger partial charge in [-0.15, -0.1) is 0 Å². The number of halogens is 1. The van der Waals surface area contributed by atoms with Crippen molar-refractivity contribution >= 4 is 23.5 Å². The summed E-state index contributed by atoms with van der Waals surface area (Å²) in [6.07, 6.45) is 1.44. The van der Waals surface area contributed by atoms with Crippen molar-refractivity contribution < 1.29 is 14.7 Å². The van der Waals surface area contributed by atoms with E-state index in [1.165, 1.54) is 0 Å². The van der Waals surface area contributed by atoms with Gasteiger partial charge in [-0.2, -0.15) is 0 Å². The van der Waals surface area contributed by atoms with Crippen LogP contribution in [0.2, 0.25) is 5.02 Å². The molecule has 0 heterocycles. The van der Waals surface area contributed by atoms with Gasteiger partial charge in [-0.1, -0.05) is 35.9 Å². The minimum absolute atomic E-state index is 0.249. The molecule has 112 valence electrons. The zero-order valence-electron chi connectivity index (χ0n) is 11.7. The topological polar surface area (TPSA) is 66.4 Å². The quantitative estimate of drug-likeness (QED) is 0.911. The van der Waals surface area contributed by atoms with E-state index in [0.717, 1.165) is 12.0 Å². The molecule has 0 bridgehead atoms. The molecule has 3 rings (SSSR count). The predicted molar refractivity (Wildman–Crippen MR) is 83.4 cm³/mol. The van der Waals surface area contributed by atoms with Crippen molar-refractivity contribution in [2.75, 3.05) is 0 Å². The van der Waals surface area contributed by atoms with Crippen molar-refractivity contribution in [3.63, 3.8) is 0 Å². The Morgan fingerprint density at radius 1 is 1.09 bits per heavy atom. The van der Waals surface area contributed by atoms with E-state index < -0.39 is 5.97 Å². The second-order valence-corrected chi connectivity index (χ2v) is 5.64. The van der Waals surface area contributed by atoms with Crippen LogP contribution in [0.15, 0.2) is 42.5 Å². The highest BCUT2D eigenvalue weighted by Crippen LogP contribution is 2.34. The lowest BCUT2D eigenvalue weighted by molar-refractivity contribution is 0.0693. The lowest BCUT2D eigenvalue weighted by Gasteiger charge is -2.16. The molecule has 1 atom stereocenters. The standard InChI is InChI=1S/C17H14ClNO3/c18-13-7-2-1-5-11(13)16(20)19-14-9-8-10-4-3-6-12(15(10)14)17(21)22/h1-7,14H,8-9H2,(H,19,20)(H,21,22)/t14-/m1/s1. The van der Waals surface area contributed by atoms with Crippen LogP contribution in [0.25, 0.3) is 0 Å². The van der Waals surface area contributed by atoms with Gasteiger partial charge < -0.3 is 10.4 Å². The lowest BCUT2D eigenvalue weighted by atomic mass is 10.0. The van der Waals surface area contributed by atoms with E-state index in [-0.39, 0.29) is 17.5 Å². The number of carbonyl (C=O) groups is 2. The summed E-state index contributed by atoms with van der Waals surface area (Å²) >= 11 is 6.03. The third-order valence-electron chi connectivity index (χ3n) is 3.90. The van der Waals surface area contributed by atoms with Gasteiger partial charge >= 0.3 is 5.97 Å². The van der Waals surface area contributed by atoms with Crippen molar-refractivity contribution in [1.29, 1.82) is 0 Å². The van der Waals surface area contributed by atoms with Crippen molar-refractivity contribution in [1.82, 2.24) is 5.32 Å². The largest absolute Gasteiger partial charge is 0.478 e. The summed E-state index contributed by atoms with van der Waals surface area (Å²) in [5.41, 5.74) is 2.32. The molecule has 0 saturated heterocycles. The van der Waals surface area contributed by atoms with Gasteiger partial charge in [-0.05, 0) is 42.2 Å². The smallest absolute Gasteiger partial charge is 0.336 e. The van der Waals surface area contributed by atoms with Gasteiger partial charge in [0.25, 0.3) is 5.91 Å². The second-order valence-electron chi connectivity index (χ2n) is 5.23. The van der Waals surface area contributed by atoms with E-state index in [1.807, 2.05) is 6.07 Å². The molecule has 2 aromatic carbocycles. The SMILES string of the molecule is O=C(N[C@@H]1CCc2cccc(C(=O)O)c21)c1ccccc1Cl. The van der Waals surface area contributed by atoms with Crippen LogP contribution < -0.4 is 5.32 Å². The van der Waals surface area contributed by atoms with E-state index in [4.69, 9.17) is 11.6 Å². The minimum atomic E-state index is -0.976. The Hall–Kier alpha value is -2.33. The van der Waals surface area contributed by atoms with Gasteiger partial charge in [0.05, 0.1) is 22.2 Å². The molecule has 1 aliphatic carbocycles. The van der Waals surface area contributed by atoms with Crippen LogP contribution in [-0.4, -0.2) is 17.0 Å². The highest BCUT2D eigenvalue weighted by molar-refractivity contribution is 6.33. The molecule has 1 amide bonds. The maximum atomic E-state index is 12.4. The Labute approximate surface area is 132 Å². The number of carboxylic acid groups (broad SMARTS) is 1. The first-order valence-corrected chi connectivity index (χ1v) is 7.36. The number of hydrogen-bond donors (Lipinski definition) is 2. The summed E-state index contributed by atoms with van der Waals surface area (Å²) < 4.78 is 0. The van der Waals surface area contributed by atoms with E-state index in [1.54, 1.807) is 36.4 Å². The average Bonchev–Trinajstić information content (AvgIpc) is 2.90. The van der Waals surface area contributed by atoms with E-state index in [2.05, 4.69) is 5.32 Å². The first-order valence-electron chi connectivity index (χ1n) is 6.98. The molecule has 0 radical (unpaired) electrons. The molecule has 5 heteroatoms. The van der Waals surface area contributed by atoms with Crippen LogP contribution in [0.4, 0.5) is 0 Å². The molecule has 2 N–H and O–H groups in total. The number of amides is 1. The number of aryl methyl sites for hydroxylation is 1. The second kappa shape index (κ2) is 5.81.